The Bertz CT molecular complexity index is 234. The molecule has 2 N–H and O–H groups in total. The van der Waals surface area contributed by atoms with Crippen molar-refractivity contribution in [2.75, 3.05) is 20.3 Å². The van der Waals surface area contributed by atoms with Gasteiger partial charge in [-0.15, -0.1) is 0 Å². The molecule has 2 fully saturated rings. The normalized spacial score (nSPS) is 36.2. The standard InChI is InChI=1S/C8H13NO5/c1-11-4(2-13-8(9)10)6-7-5(14-7)3-12-6/h4-7H,2-3H2,1H3,(H2,9,10)/t4-,5-,6-,7-/m1/s1. The van der Waals surface area contributed by atoms with Gasteiger partial charge in [-0.3, -0.25) is 0 Å². The Labute approximate surface area is 81.2 Å². The van der Waals surface area contributed by atoms with Crippen LogP contribution in [0.3, 0.4) is 0 Å². The summed E-state index contributed by atoms with van der Waals surface area (Å²) in [6.07, 6.45) is -0.967. The number of carbonyl (C=O) groups excluding carboxylic acids is 1. The molecular weight excluding hydrogens is 190 g/mol. The number of ether oxygens (including phenoxy) is 4. The lowest BCUT2D eigenvalue weighted by atomic mass is 10.1. The summed E-state index contributed by atoms with van der Waals surface area (Å²) in [7, 11) is 1.54. The Kier molecular flexibility index (Phi) is 2.58. The molecule has 0 bridgehead atoms. The molecule has 80 valence electrons. The van der Waals surface area contributed by atoms with E-state index in [1.165, 1.54) is 7.11 Å². The Morgan fingerprint density at radius 2 is 2.50 bits per heavy atom. The van der Waals surface area contributed by atoms with Crippen molar-refractivity contribution in [1.82, 2.24) is 0 Å². The molecule has 0 aliphatic carbocycles. The first kappa shape index (κ1) is 9.70. The summed E-state index contributed by atoms with van der Waals surface area (Å²) < 4.78 is 20.5. The topological polar surface area (TPSA) is 83.3 Å². The number of epoxide rings is 1. The Balaban J connectivity index is 1.82. The lowest BCUT2D eigenvalue weighted by Gasteiger charge is -2.21. The van der Waals surface area contributed by atoms with E-state index in [9.17, 15) is 4.79 Å². The first-order chi connectivity index (χ1) is 6.72. The van der Waals surface area contributed by atoms with Gasteiger partial charge in [0.15, 0.2) is 0 Å². The van der Waals surface area contributed by atoms with E-state index in [2.05, 4.69) is 4.74 Å². The second kappa shape index (κ2) is 3.72. The number of carbonyl (C=O) groups is 1. The number of methoxy groups -OCH3 is 1. The van der Waals surface area contributed by atoms with E-state index >= 15 is 0 Å². The van der Waals surface area contributed by atoms with Crippen molar-refractivity contribution in [3.8, 4) is 0 Å². The van der Waals surface area contributed by atoms with Crippen LogP contribution < -0.4 is 5.73 Å². The van der Waals surface area contributed by atoms with Crippen molar-refractivity contribution in [1.29, 1.82) is 0 Å². The second-order valence-corrected chi connectivity index (χ2v) is 3.34. The summed E-state index contributed by atoms with van der Waals surface area (Å²) in [5, 5.41) is 0. The molecule has 0 unspecified atom stereocenters. The summed E-state index contributed by atoms with van der Waals surface area (Å²) in [5.41, 5.74) is 4.85. The molecule has 2 aliphatic heterocycles. The zero-order valence-corrected chi connectivity index (χ0v) is 7.84. The highest BCUT2D eigenvalue weighted by Gasteiger charge is 2.54. The van der Waals surface area contributed by atoms with Crippen molar-refractivity contribution in [2.24, 2.45) is 5.73 Å². The van der Waals surface area contributed by atoms with Gasteiger partial charge in [0.25, 0.3) is 0 Å². The highest BCUT2D eigenvalue weighted by atomic mass is 16.7. The van der Waals surface area contributed by atoms with Gasteiger partial charge < -0.3 is 24.7 Å². The zero-order valence-electron chi connectivity index (χ0n) is 7.84. The minimum Gasteiger partial charge on any atom is -0.447 e. The smallest absolute Gasteiger partial charge is 0.404 e. The Morgan fingerprint density at radius 3 is 2.93 bits per heavy atom. The van der Waals surface area contributed by atoms with E-state index in [-0.39, 0.29) is 31.0 Å². The second-order valence-electron chi connectivity index (χ2n) is 3.34. The van der Waals surface area contributed by atoms with Crippen molar-refractivity contribution in [2.45, 2.75) is 24.4 Å². The van der Waals surface area contributed by atoms with Crippen LogP contribution in [0.25, 0.3) is 0 Å². The largest absolute Gasteiger partial charge is 0.447 e. The van der Waals surface area contributed by atoms with Crippen molar-refractivity contribution in [3.05, 3.63) is 0 Å². The van der Waals surface area contributed by atoms with Crippen LogP contribution in [0, 0.1) is 0 Å². The fourth-order valence-electron chi connectivity index (χ4n) is 1.66. The molecule has 6 heteroatoms. The lowest BCUT2D eigenvalue weighted by molar-refractivity contribution is -0.0833. The van der Waals surface area contributed by atoms with Gasteiger partial charge in [-0.2, -0.15) is 0 Å². The third kappa shape index (κ3) is 1.82. The van der Waals surface area contributed by atoms with E-state index in [1.807, 2.05) is 0 Å². The monoisotopic (exact) mass is 203 g/mol. The zero-order chi connectivity index (χ0) is 10.1. The van der Waals surface area contributed by atoms with E-state index in [0.717, 1.165) is 0 Å². The van der Waals surface area contributed by atoms with Crippen molar-refractivity contribution in [3.63, 3.8) is 0 Å². The molecule has 0 saturated carbocycles. The SMILES string of the molecule is CO[C@H](COC(N)=O)[C@H]1OC[C@H]2O[C@@H]12. The summed E-state index contributed by atoms with van der Waals surface area (Å²) in [4.78, 5) is 10.4. The third-order valence-corrected chi connectivity index (χ3v) is 2.46. The predicted octanol–water partition coefficient (Wildman–Crippen LogP) is -0.737. The molecule has 2 saturated heterocycles. The molecule has 6 nitrogen and oxygen atoms in total. The molecule has 2 aliphatic rings. The molecule has 0 spiro atoms. The predicted molar refractivity (Wildman–Crippen MR) is 44.7 cm³/mol. The summed E-state index contributed by atoms with van der Waals surface area (Å²) in [6, 6.07) is 0. The van der Waals surface area contributed by atoms with E-state index in [4.69, 9.17) is 19.9 Å². The van der Waals surface area contributed by atoms with E-state index in [1.54, 1.807) is 0 Å². The number of nitrogens with two attached hydrogens (primary N) is 1. The summed E-state index contributed by atoms with van der Waals surface area (Å²) >= 11 is 0. The summed E-state index contributed by atoms with van der Waals surface area (Å²) in [6.45, 7) is 0.689. The molecule has 0 aromatic heterocycles. The third-order valence-electron chi connectivity index (χ3n) is 2.46. The molecule has 0 radical (unpaired) electrons. The van der Waals surface area contributed by atoms with Gasteiger partial charge in [0.2, 0.25) is 0 Å². The number of fused-ring (bicyclic) bond motifs is 1. The van der Waals surface area contributed by atoms with Crippen molar-refractivity contribution >= 4 is 6.09 Å². The van der Waals surface area contributed by atoms with Gasteiger partial charge in [-0.25, -0.2) is 4.79 Å². The van der Waals surface area contributed by atoms with E-state index < -0.39 is 6.09 Å². The highest BCUT2D eigenvalue weighted by Crippen LogP contribution is 2.36. The minimum absolute atomic E-state index is 0.0939. The van der Waals surface area contributed by atoms with Crippen LogP contribution in [0.1, 0.15) is 0 Å². The number of hydrogen-bond donors (Lipinski definition) is 1. The van der Waals surface area contributed by atoms with Gasteiger partial charge in [-0.05, 0) is 0 Å². The Hall–Kier alpha value is -0.850. The lowest BCUT2D eigenvalue weighted by Crippen LogP contribution is -2.37. The van der Waals surface area contributed by atoms with Crippen LogP contribution in [0.15, 0.2) is 0 Å². The maximum Gasteiger partial charge on any atom is 0.404 e. The maximum atomic E-state index is 10.4. The number of hydrogen-bond acceptors (Lipinski definition) is 5. The fraction of sp³-hybridized carbons (Fsp3) is 0.875. The first-order valence-electron chi connectivity index (χ1n) is 4.44. The molecule has 14 heavy (non-hydrogen) atoms. The molecule has 2 rings (SSSR count). The van der Waals surface area contributed by atoms with Gasteiger partial charge in [0.05, 0.1) is 6.61 Å². The van der Waals surface area contributed by atoms with Gasteiger partial charge in [0, 0.05) is 7.11 Å². The van der Waals surface area contributed by atoms with Crippen LogP contribution >= 0.6 is 0 Å². The average Bonchev–Trinajstić information content (AvgIpc) is 2.82. The first-order valence-corrected chi connectivity index (χ1v) is 4.44. The van der Waals surface area contributed by atoms with Gasteiger partial charge in [0.1, 0.15) is 31.0 Å². The van der Waals surface area contributed by atoms with Gasteiger partial charge >= 0.3 is 6.09 Å². The van der Waals surface area contributed by atoms with Gasteiger partial charge in [-0.1, -0.05) is 0 Å². The average molecular weight is 203 g/mol. The number of primary amides is 1. The highest BCUT2D eigenvalue weighted by molar-refractivity contribution is 5.64. The number of amides is 1. The summed E-state index contributed by atoms with van der Waals surface area (Å²) in [5.74, 6) is 0. The van der Waals surface area contributed by atoms with Crippen LogP contribution in [-0.4, -0.2) is 50.8 Å². The van der Waals surface area contributed by atoms with Crippen LogP contribution in [0.4, 0.5) is 4.79 Å². The minimum atomic E-state index is -0.807. The molecule has 2 heterocycles. The molecular formula is C8H13NO5. The van der Waals surface area contributed by atoms with Crippen molar-refractivity contribution < 1.29 is 23.7 Å². The fourth-order valence-corrected chi connectivity index (χ4v) is 1.66. The maximum absolute atomic E-state index is 10.4. The Morgan fingerprint density at radius 1 is 1.71 bits per heavy atom. The van der Waals surface area contributed by atoms with Crippen LogP contribution in [0.5, 0.6) is 0 Å². The van der Waals surface area contributed by atoms with Crippen LogP contribution in [-0.2, 0) is 18.9 Å². The molecule has 4 atom stereocenters. The number of rotatable bonds is 4. The molecule has 1 amide bonds. The van der Waals surface area contributed by atoms with E-state index in [0.29, 0.717) is 6.61 Å². The quantitative estimate of drug-likeness (QED) is 0.608. The molecule has 0 aromatic rings. The molecule has 0 aromatic carbocycles. The van der Waals surface area contributed by atoms with Crippen LogP contribution in [0.2, 0.25) is 0 Å².